The highest BCUT2D eigenvalue weighted by molar-refractivity contribution is 9.10. The minimum atomic E-state index is -3.23. The van der Waals surface area contributed by atoms with Crippen LogP contribution in [0, 0.1) is 0 Å². The third kappa shape index (κ3) is 3.37. The van der Waals surface area contributed by atoms with Gasteiger partial charge in [0.25, 0.3) is 0 Å². The zero-order valence-corrected chi connectivity index (χ0v) is 13.6. The minimum absolute atomic E-state index is 0.0754. The highest BCUT2D eigenvalue weighted by Gasteiger charge is 2.33. The third-order valence-corrected chi connectivity index (χ3v) is 5.41. The molecule has 0 fully saturated rings. The molecular weight excluding hydrogens is 340 g/mol. The first kappa shape index (κ1) is 15.4. The third-order valence-electron chi connectivity index (χ3n) is 3.38. The monoisotopic (exact) mass is 356 g/mol. The van der Waals surface area contributed by atoms with E-state index in [-0.39, 0.29) is 5.75 Å². The second kappa shape index (κ2) is 6.20. The first-order valence-electron chi connectivity index (χ1n) is 6.39. The summed E-state index contributed by atoms with van der Waals surface area (Å²) in [6.07, 6.45) is 5.62. The number of hydrogen-bond donors (Lipinski definition) is 1. The Labute approximate surface area is 128 Å². The molecule has 0 saturated carbocycles. The van der Waals surface area contributed by atoms with Crippen LogP contribution in [-0.2, 0) is 15.4 Å². The van der Waals surface area contributed by atoms with E-state index in [1.807, 2.05) is 36.4 Å². The fourth-order valence-corrected chi connectivity index (χ4v) is 3.51. The molecule has 1 aromatic carbocycles. The van der Waals surface area contributed by atoms with Crippen LogP contribution in [0.3, 0.4) is 0 Å². The van der Waals surface area contributed by atoms with E-state index >= 15 is 0 Å². The van der Waals surface area contributed by atoms with Crippen LogP contribution in [0.25, 0.3) is 0 Å². The Bertz CT molecular complexity index is 640. The molecule has 0 radical (unpaired) electrons. The lowest BCUT2D eigenvalue weighted by Crippen LogP contribution is -2.43. The second-order valence-corrected chi connectivity index (χ2v) is 7.66. The van der Waals surface area contributed by atoms with Gasteiger partial charge in [0.15, 0.2) is 0 Å². The lowest BCUT2D eigenvalue weighted by Gasteiger charge is -2.32. The molecule has 0 saturated heterocycles. The van der Waals surface area contributed by atoms with Crippen LogP contribution in [0.2, 0.25) is 0 Å². The molecule has 0 spiro atoms. The number of rotatable bonds is 5. The standard InChI is InChI=1S/C14H17BrN2O2S/c1-2-20(18,19)17-11-14(8-5-9-16-10-14)12-6-3-4-7-13(12)15/h3-9,17H,2,10-11H2,1H3. The van der Waals surface area contributed by atoms with Gasteiger partial charge in [-0.2, -0.15) is 0 Å². The second-order valence-electron chi connectivity index (χ2n) is 4.71. The van der Waals surface area contributed by atoms with Crippen LogP contribution in [0.1, 0.15) is 12.5 Å². The molecule has 1 aliphatic heterocycles. The molecule has 0 aromatic heterocycles. The number of nitrogens with zero attached hydrogens (tertiary/aromatic N) is 1. The first-order chi connectivity index (χ1) is 9.49. The Kier molecular flexibility index (Phi) is 4.78. The number of nitrogens with one attached hydrogen (secondary N) is 1. The molecule has 4 nitrogen and oxygen atoms in total. The normalized spacial score (nSPS) is 22.1. The van der Waals surface area contributed by atoms with Crippen molar-refractivity contribution in [2.24, 2.45) is 4.99 Å². The van der Waals surface area contributed by atoms with Crippen molar-refractivity contribution < 1.29 is 8.42 Å². The van der Waals surface area contributed by atoms with Gasteiger partial charge >= 0.3 is 0 Å². The predicted octanol–water partition coefficient (Wildman–Crippen LogP) is 2.27. The van der Waals surface area contributed by atoms with Crippen molar-refractivity contribution in [2.75, 3.05) is 18.8 Å². The summed E-state index contributed by atoms with van der Waals surface area (Å²) in [5.41, 5.74) is 0.587. The Balaban J connectivity index is 2.35. The van der Waals surface area contributed by atoms with Crippen molar-refractivity contribution in [2.45, 2.75) is 12.3 Å². The summed E-state index contributed by atoms with van der Waals surface area (Å²) in [7, 11) is -3.23. The summed E-state index contributed by atoms with van der Waals surface area (Å²) in [6, 6.07) is 7.84. The molecule has 0 bridgehead atoms. The Morgan fingerprint density at radius 2 is 2.15 bits per heavy atom. The maximum Gasteiger partial charge on any atom is 0.211 e. The van der Waals surface area contributed by atoms with Gasteiger partial charge in [-0.1, -0.05) is 40.2 Å². The molecule has 2 rings (SSSR count). The van der Waals surface area contributed by atoms with Gasteiger partial charge in [0.2, 0.25) is 10.0 Å². The number of allylic oxidation sites excluding steroid dienone is 1. The highest BCUT2D eigenvalue weighted by Crippen LogP contribution is 2.33. The summed E-state index contributed by atoms with van der Waals surface area (Å²) in [5, 5.41) is 0. The van der Waals surface area contributed by atoms with E-state index < -0.39 is 15.4 Å². The molecule has 1 heterocycles. The lowest BCUT2D eigenvalue weighted by molar-refractivity contribution is 0.515. The molecule has 0 amide bonds. The molecule has 1 unspecified atom stereocenters. The fourth-order valence-electron chi connectivity index (χ4n) is 2.15. The van der Waals surface area contributed by atoms with Crippen LogP contribution in [0.15, 0.2) is 45.9 Å². The van der Waals surface area contributed by atoms with Crippen molar-refractivity contribution >= 4 is 32.2 Å². The zero-order valence-electron chi connectivity index (χ0n) is 11.2. The molecule has 6 heteroatoms. The summed E-state index contributed by atoms with van der Waals surface area (Å²) in [4.78, 5) is 4.31. The van der Waals surface area contributed by atoms with Crippen LogP contribution in [0.4, 0.5) is 0 Å². The van der Waals surface area contributed by atoms with E-state index in [1.54, 1.807) is 13.1 Å². The van der Waals surface area contributed by atoms with E-state index in [0.29, 0.717) is 13.1 Å². The smallest absolute Gasteiger partial charge is 0.211 e. The Hall–Kier alpha value is -0.980. The van der Waals surface area contributed by atoms with E-state index in [1.165, 1.54) is 0 Å². The van der Waals surface area contributed by atoms with Crippen molar-refractivity contribution in [1.29, 1.82) is 0 Å². The van der Waals surface area contributed by atoms with Crippen LogP contribution in [0.5, 0.6) is 0 Å². The summed E-state index contributed by atoms with van der Waals surface area (Å²) in [6.45, 7) is 2.46. The topological polar surface area (TPSA) is 58.5 Å². The average molecular weight is 357 g/mol. The van der Waals surface area contributed by atoms with E-state index in [4.69, 9.17) is 0 Å². The molecule has 108 valence electrons. The summed E-state index contributed by atoms with van der Waals surface area (Å²) < 4.78 is 27.1. The van der Waals surface area contributed by atoms with E-state index in [2.05, 4.69) is 25.6 Å². The number of sulfonamides is 1. The van der Waals surface area contributed by atoms with E-state index in [0.717, 1.165) is 10.0 Å². The SMILES string of the molecule is CCS(=O)(=O)NCC1(c2ccccc2Br)C=CC=NC1. The van der Waals surface area contributed by atoms with Crippen LogP contribution in [-0.4, -0.2) is 33.5 Å². The Morgan fingerprint density at radius 3 is 2.75 bits per heavy atom. The molecule has 0 aliphatic carbocycles. The van der Waals surface area contributed by atoms with Gasteiger partial charge in [-0.3, -0.25) is 4.99 Å². The van der Waals surface area contributed by atoms with Gasteiger partial charge in [-0.25, -0.2) is 13.1 Å². The molecule has 20 heavy (non-hydrogen) atoms. The maximum absolute atomic E-state index is 11.7. The molecule has 1 aliphatic rings. The zero-order chi connectivity index (χ0) is 14.6. The average Bonchev–Trinajstić information content (AvgIpc) is 2.47. The Morgan fingerprint density at radius 1 is 1.40 bits per heavy atom. The highest BCUT2D eigenvalue weighted by atomic mass is 79.9. The van der Waals surface area contributed by atoms with Gasteiger partial charge < -0.3 is 0 Å². The number of hydrogen-bond acceptors (Lipinski definition) is 3. The summed E-state index contributed by atoms with van der Waals surface area (Å²) >= 11 is 3.54. The van der Waals surface area contributed by atoms with Gasteiger partial charge in [-0.05, 0) is 24.6 Å². The van der Waals surface area contributed by atoms with Crippen molar-refractivity contribution in [1.82, 2.24) is 4.72 Å². The van der Waals surface area contributed by atoms with Gasteiger partial charge in [0, 0.05) is 22.6 Å². The number of benzene rings is 1. The molecule has 1 atom stereocenters. The predicted molar refractivity (Wildman–Crippen MR) is 85.8 cm³/mol. The van der Waals surface area contributed by atoms with Gasteiger partial charge in [0.05, 0.1) is 12.3 Å². The molecule has 1 N–H and O–H groups in total. The quantitative estimate of drug-likeness (QED) is 0.879. The largest absolute Gasteiger partial charge is 0.292 e. The van der Waals surface area contributed by atoms with E-state index in [9.17, 15) is 8.42 Å². The van der Waals surface area contributed by atoms with Crippen molar-refractivity contribution in [3.63, 3.8) is 0 Å². The first-order valence-corrected chi connectivity index (χ1v) is 8.84. The van der Waals surface area contributed by atoms with Gasteiger partial charge in [0.1, 0.15) is 0 Å². The fraction of sp³-hybridized carbons (Fsp3) is 0.357. The van der Waals surface area contributed by atoms with Crippen LogP contribution < -0.4 is 4.72 Å². The number of aliphatic imine (C=N–C) groups is 1. The van der Waals surface area contributed by atoms with Crippen molar-refractivity contribution in [3.05, 3.63) is 46.5 Å². The maximum atomic E-state index is 11.7. The van der Waals surface area contributed by atoms with Gasteiger partial charge in [-0.15, -0.1) is 0 Å². The van der Waals surface area contributed by atoms with Crippen LogP contribution >= 0.6 is 15.9 Å². The molecular formula is C14H17BrN2O2S. The minimum Gasteiger partial charge on any atom is -0.292 e. The molecule has 1 aromatic rings. The number of halogens is 1. The van der Waals surface area contributed by atoms with Crippen molar-refractivity contribution in [3.8, 4) is 0 Å². The lowest BCUT2D eigenvalue weighted by atomic mass is 9.79. The number of dihydropyridines is 1. The summed E-state index contributed by atoms with van der Waals surface area (Å²) in [5.74, 6) is 0.0754.